The molecule has 0 unspecified atom stereocenters. The Kier molecular flexibility index (Phi) is 6.59. The van der Waals surface area contributed by atoms with E-state index in [1.165, 1.54) is 6.07 Å². The highest BCUT2D eigenvalue weighted by molar-refractivity contribution is 7.14. The molecule has 1 N–H and O–H groups in total. The topological polar surface area (TPSA) is 80.7 Å². The second-order valence-corrected chi connectivity index (χ2v) is 8.24. The summed E-state index contributed by atoms with van der Waals surface area (Å²) in [5.74, 6) is -1.54. The van der Waals surface area contributed by atoms with Crippen LogP contribution in [-0.4, -0.2) is 26.1 Å². The van der Waals surface area contributed by atoms with Crippen molar-refractivity contribution in [3.63, 3.8) is 0 Å². The van der Waals surface area contributed by atoms with E-state index in [0.717, 1.165) is 28.5 Å². The molecule has 170 valence electrons. The third-order valence-corrected chi connectivity index (χ3v) is 5.75. The number of aromatic nitrogens is 4. The standard InChI is InChI=1S/C22H17F4N5OS/c23-17-9-7-14(11-16(17)22(24,25)26)21-31-30-19(33-21)12-28-18(32)5-1-4-15-8-6-13-3-2-10-27-20(13)29-15/h2-3,6-11H,1,4-5,12H2,(H,28,32). The van der Waals surface area contributed by atoms with Crippen molar-refractivity contribution in [2.24, 2.45) is 0 Å². The average Bonchev–Trinajstić information content (AvgIpc) is 3.26. The van der Waals surface area contributed by atoms with Crippen molar-refractivity contribution in [1.82, 2.24) is 25.5 Å². The van der Waals surface area contributed by atoms with Crippen molar-refractivity contribution in [2.75, 3.05) is 0 Å². The second-order valence-electron chi connectivity index (χ2n) is 7.18. The molecule has 33 heavy (non-hydrogen) atoms. The molecule has 0 atom stereocenters. The number of nitrogens with one attached hydrogen (secondary N) is 1. The minimum atomic E-state index is -4.81. The summed E-state index contributed by atoms with van der Waals surface area (Å²) in [6, 6.07) is 10.3. The van der Waals surface area contributed by atoms with E-state index in [4.69, 9.17) is 0 Å². The maximum absolute atomic E-state index is 13.5. The number of alkyl halides is 3. The Morgan fingerprint density at radius 2 is 1.94 bits per heavy atom. The molecule has 0 fully saturated rings. The Hall–Kier alpha value is -3.47. The van der Waals surface area contributed by atoms with Gasteiger partial charge in [-0.1, -0.05) is 11.3 Å². The van der Waals surface area contributed by atoms with Gasteiger partial charge in [0.05, 0.1) is 12.1 Å². The largest absolute Gasteiger partial charge is 0.419 e. The van der Waals surface area contributed by atoms with Gasteiger partial charge in [0.15, 0.2) is 5.65 Å². The summed E-state index contributed by atoms with van der Waals surface area (Å²) in [6.45, 7) is 0.0992. The number of amides is 1. The molecule has 1 amide bonds. The minimum absolute atomic E-state index is 0.0992. The monoisotopic (exact) mass is 475 g/mol. The molecular weight excluding hydrogens is 458 g/mol. The summed E-state index contributed by atoms with van der Waals surface area (Å²) >= 11 is 1.03. The molecule has 0 aliphatic rings. The normalized spacial score (nSPS) is 11.6. The zero-order chi connectivity index (χ0) is 23.4. The van der Waals surface area contributed by atoms with Gasteiger partial charge in [-0.25, -0.2) is 14.4 Å². The maximum atomic E-state index is 13.5. The van der Waals surface area contributed by atoms with Crippen LogP contribution in [0.1, 0.15) is 29.1 Å². The van der Waals surface area contributed by atoms with Gasteiger partial charge in [0.25, 0.3) is 0 Å². The number of halogens is 4. The number of pyridine rings is 2. The molecule has 3 heterocycles. The Morgan fingerprint density at radius 3 is 2.76 bits per heavy atom. The zero-order valence-electron chi connectivity index (χ0n) is 17.1. The predicted molar refractivity (Wildman–Crippen MR) is 115 cm³/mol. The van der Waals surface area contributed by atoms with E-state index in [1.54, 1.807) is 6.20 Å². The first kappa shape index (κ1) is 22.7. The zero-order valence-corrected chi connectivity index (χ0v) is 17.9. The lowest BCUT2D eigenvalue weighted by molar-refractivity contribution is -0.140. The summed E-state index contributed by atoms with van der Waals surface area (Å²) in [5, 5.41) is 12.1. The predicted octanol–water partition coefficient (Wildman–Crippen LogP) is 4.95. The molecule has 1 aromatic carbocycles. The van der Waals surface area contributed by atoms with Crippen LogP contribution in [0.5, 0.6) is 0 Å². The molecule has 0 aliphatic carbocycles. The number of hydrogen-bond donors (Lipinski definition) is 1. The molecule has 3 aromatic heterocycles. The van der Waals surface area contributed by atoms with E-state index >= 15 is 0 Å². The van der Waals surface area contributed by atoms with Crippen molar-refractivity contribution in [1.29, 1.82) is 0 Å². The number of fused-ring (bicyclic) bond motifs is 1. The quantitative estimate of drug-likeness (QED) is 0.383. The van der Waals surface area contributed by atoms with Crippen molar-refractivity contribution >= 4 is 28.3 Å². The molecule has 11 heteroatoms. The molecule has 0 aliphatic heterocycles. The van der Waals surface area contributed by atoms with Crippen LogP contribution in [0.2, 0.25) is 0 Å². The van der Waals surface area contributed by atoms with E-state index in [-0.39, 0.29) is 29.4 Å². The van der Waals surface area contributed by atoms with Gasteiger partial charge in [0.2, 0.25) is 5.91 Å². The van der Waals surface area contributed by atoms with Gasteiger partial charge < -0.3 is 5.32 Å². The van der Waals surface area contributed by atoms with Crippen LogP contribution in [0.15, 0.2) is 48.7 Å². The van der Waals surface area contributed by atoms with Crippen LogP contribution < -0.4 is 5.32 Å². The summed E-state index contributed by atoms with van der Waals surface area (Å²) in [7, 11) is 0. The molecular formula is C22H17F4N5OS. The molecule has 4 aromatic rings. The van der Waals surface area contributed by atoms with E-state index < -0.39 is 17.6 Å². The van der Waals surface area contributed by atoms with E-state index in [9.17, 15) is 22.4 Å². The molecule has 6 nitrogen and oxygen atoms in total. The first-order valence-electron chi connectivity index (χ1n) is 9.96. The van der Waals surface area contributed by atoms with Crippen molar-refractivity contribution in [3.8, 4) is 10.6 Å². The fourth-order valence-corrected chi connectivity index (χ4v) is 3.92. The van der Waals surface area contributed by atoms with Gasteiger partial charge in [0, 0.05) is 29.3 Å². The number of aryl methyl sites for hydroxylation is 1. The average molecular weight is 475 g/mol. The first-order chi connectivity index (χ1) is 15.8. The molecule has 0 radical (unpaired) electrons. The Balaban J connectivity index is 1.29. The lowest BCUT2D eigenvalue weighted by Crippen LogP contribution is -2.22. The van der Waals surface area contributed by atoms with Crippen LogP contribution >= 0.6 is 11.3 Å². The number of nitrogens with zero attached hydrogens (tertiary/aromatic N) is 4. The van der Waals surface area contributed by atoms with Crippen LogP contribution in [0.25, 0.3) is 21.6 Å². The molecule has 4 rings (SSSR count). The van der Waals surface area contributed by atoms with Gasteiger partial charge in [-0.3, -0.25) is 4.79 Å². The van der Waals surface area contributed by atoms with E-state index in [0.29, 0.717) is 29.6 Å². The van der Waals surface area contributed by atoms with Crippen LogP contribution in [0.4, 0.5) is 17.6 Å². The highest BCUT2D eigenvalue weighted by Crippen LogP contribution is 2.34. The molecule has 0 saturated carbocycles. The third-order valence-electron chi connectivity index (χ3n) is 4.78. The van der Waals surface area contributed by atoms with Gasteiger partial charge >= 0.3 is 6.18 Å². The summed E-state index contributed by atoms with van der Waals surface area (Å²) < 4.78 is 52.2. The maximum Gasteiger partial charge on any atom is 0.419 e. The first-order valence-corrected chi connectivity index (χ1v) is 10.8. The summed E-state index contributed by atoms with van der Waals surface area (Å²) in [5.41, 5.74) is 0.258. The highest BCUT2D eigenvalue weighted by atomic mass is 32.1. The van der Waals surface area contributed by atoms with E-state index in [2.05, 4.69) is 25.5 Å². The van der Waals surface area contributed by atoms with Crippen molar-refractivity contribution in [3.05, 3.63) is 70.7 Å². The lowest BCUT2D eigenvalue weighted by Gasteiger charge is -2.08. The Labute approximate surface area is 189 Å². The highest BCUT2D eigenvalue weighted by Gasteiger charge is 2.34. The van der Waals surface area contributed by atoms with Crippen LogP contribution in [0, 0.1) is 5.82 Å². The molecule has 0 saturated heterocycles. The number of carbonyl (C=O) groups is 1. The SMILES string of the molecule is O=C(CCCc1ccc2cccnc2n1)NCc1nnc(-c2ccc(F)c(C(F)(F)F)c2)s1. The Bertz CT molecular complexity index is 1290. The van der Waals surface area contributed by atoms with Crippen LogP contribution in [0.3, 0.4) is 0 Å². The fourth-order valence-electron chi connectivity index (χ4n) is 3.14. The minimum Gasteiger partial charge on any atom is -0.350 e. The van der Waals surface area contributed by atoms with Gasteiger partial charge in [-0.05, 0) is 55.3 Å². The Morgan fingerprint density at radius 1 is 1.09 bits per heavy atom. The molecule has 0 spiro atoms. The smallest absolute Gasteiger partial charge is 0.350 e. The number of rotatable bonds is 7. The second kappa shape index (κ2) is 9.57. The summed E-state index contributed by atoms with van der Waals surface area (Å²) in [4.78, 5) is 20.8. The van der Waals surface area contributed by atoms with Crippen molar-refractivity contribution < 1.29 is 22.4 Å². The van der Waals surface area contributed by atoms with Gasteiger partial charge in [0.1, 0.15) is 15.8 Å². The van der Waals surface area contributed by atoms with Gasteiger partial charge in [-0.2, -0.15) is 13.2 Å². The van der Waals surface area contributed by atoms with Gasteiger partial charge in [-0.15, -0.1) is 10.2 Å². The number of benzene rings is 1. The fraction of sp³-hybridized carbons (Fsp3) is 0.227. The van der Waals surface area contributed by atoms with E-state index in [1.807, 2.05) is 24.3 Å². The van der Waals surface area contributed by atoms with Crippen LogP contribution in [-0.2, 0) is 23.9 Å². The lowest BCUT2D eigenvalue weighted by atomic mass is 10.1. The molecule has 0 bridgehead atoms. The number of carbonyl (C=O) groups excluding carboxylic acids is 1. The van der Waals surface area contributed by atoms with Crippen molar-refractivity contribution in [2.45, 2.75) is 32.0 Å². The number of hydrogen-bond acceptors (Lipinski definition) is 6. The summed E-state index contributed by atoms with van der Waals surface area (Å²) in [6.07, 6.45) is -1.64. The third kappa shape index (κ3) is 5.67.